The Kier molecular flexibility index (Phi) is 3.97. The largest absolute Gasteiger partial charge is 0.390 e. The van der Waals surface area contributed by atoms with Gasteiger partial charge in [-0.3, -0.25) is 0 Å². The summed E-state index contributed by atoms with van der Waals surface area (Å²) in [5, 5.41) is 9.70. The highest BCUT2D eigenvalue weighted by Gasteiger charge is 2.29. The average Bonchev–Trinajstić information content (AvgIpc) is 2.22. The fraction of sp³-hybridized carbons (Fsp3) is 1.00. The Hall–Kier alpha value is -0.160. The van der Waals surface area contributed by atoms with Crippen molar-refractivity contribution in [1.29, 1.82) is 0 Å². The third-order valence-electron chi connectivity index (χ3n) is 3.03. The van der Waals surface area contributed by atoms with E-state index in [4.69, 9.17) is 14.2 Å². The van der Waals surface area contributed by atoms with Gasteiger partial charge in [0.2, 0.25) is 0 Å². The van der Waals surface area contributed by atoms with Gasteiger partial charge in [0, 0.05) is 6.61 Å². The molecule has 0 saturated carbocycles. The summed E-state index contributed by atoms with van der Waals surface area (Å²) in [6.45, 7) is 3.17. The quantitative estimate of drug-likeness (QED) is 0.750. The standard InChI is InChI=1S/C11H20O4/c1-8-3-2-4-11(14-8)15-10-7-13-6-5-9(10)12/h8-12H,2-7H2,1H3. The number of rotatable bonds is 2. The lowest BCUT2D eigenvalue weighted by atomic mass is 10.1. The van der Waals surface area contributed by atoms with Crippen molar-refractivity contribution in [2.24, 2.45) is 0 Å². The molecule has 2 heterocycles. The highest BCUT2D eigenvalue weighted by atomic mass is 16.7. The minimum absolute atomic E-state index is 0.157. The molecule has 2 rings (SSSR count). The second-order valence-electron chi connectivity index (χ2n) is 4.41. The Morgan fingerprint density at radius 3 is 2.87 bits per heavy atom. The molecule has 0 aromatic rings. The first-order valence-electron chi connectivity index (χ1n) is 5.82. The van der Waals surface area contributed by atoms with Crippen molar-refractivity contribution in [3.63, 3.8) is 0 Å². The maximum atomic E-state index is 9.70. The highest BCUT2D eigenvalue weighted by molar-refractivity contribution is 4.74. The van der Waals surface area contributed by atoms with Crippen LogP contribution in [-0.2, 0) is 14.2 Å². The fourth-order valence-electron chi connectivity index (χ4n) is 2.09. The number of ether oxygens (including phenoxy) is 3. The van der Waals surface area contributed by atoms with E-state index in [2.05, 4.69) is 6.92 Å². The maximum Gasteiger partial charge on any atom is 0.158 e. The van der Waals surface area contributed by atoms with Crippen molar-refractivity contribution in [3.8, 4) is 0 Å². The average molecular weight is 216 g/mol. The Morgan fingerprint density at radius 1 is 1.27 bits per heavy atom. The van der Waals surface area contributed by atoms with Crippen LogP contribution in [0.15, 0.2) is 0 Å². The van der Waals surface area contributed by atoms with E-state index in [9.17, 15) is 5.11 Å². The van der Waals surface area contributed by atoms with E-state index in [0.717, 1.165) is 19.3 Å². The molecule has 88 valence electrons. The van der Waals surface area contributed by atoms with Gasteiger partial charge in [0.15, 0.2) is 6.29 Å². The zero-order valence-corrected chi connectivity index (χ0v) is 9.22. The minimum atomic E-state index is -0.403. The van der Waals surface area contributed by atoms with Crippen LogP contribution in [0.3, 0.4) is 0 Å². The molecule has 2 fully saturated rings. The molecule has 2 aliphatic heterocycles. The van der Waals surface area contributed by atoms with Crippen molar-refractivity contribution in [3.05, 3.63) is 0 Å². The van der Waals surface area contributed by atoms with Gasteiger partial charge in [-0.05, 0) is 32.6 Å². The maximum absolute atomic E-state index is 9.70. The van der Waals surface area contributed by atoms with Gasteiger partial charge in [0.1, 0.15) is 6.10 Å². The molecular formula is C11H20O4. The molecule has 4 nitrogen and oxygen atoms in total. The lowest BCUT2D eigenvalue weighted by Crippen LogP contribution is -2.43. The monoisotopic (exact) mass is 216 g/mol. The predicted octanol–water partition coefficient (Wildman–Crippen LogP) is 1.07. The van der Waals surface area contributed by atoms with E-state index in [0.29, 0.717) is 19.6 Å². The summed E-state index contributed by atoms with van der Waals surface area (Å²) in [5.41, 5.74) is 0. The van der Waals surface area contributed by atoms with E-state index < -0.39 is 6.10 Å². The van der Waals surface area contributed by atoms with E-state index in [-0.39, 0.29) is 18.5 Å². The second kappa shape index (κ2) is 5.25. The van der Waals surface area contributed by atoms with Gasteiger partial charge in [-0.2, -0.15) is 0 Å². The zero-order chi connectivity index (χ0) is 10.7. The molecule has 0 spiro atoms. The van der Waals surface area contributed by atoms with Gasteiger partial charge in [0.25, 0.3) is 0 Å². The summed E-state index contributed by atoms with van der Waals surface area (Å²) in [5.74, 6) is 0. The summed E-state index contributed by atoms with van der Waals surface area (Å²) in [7, 11) is 0. The van der Waals surface area contributed by atoms with Gasteiger partial charge < -0.3 is 19.3 Å². The zero-order valence-electron chi connectivity index (χ0n) is 9.22. The molecule has 4 heteroatoms. The molecule has 4 unspecified atom stereocenters. The molecule has 0 radical (unpaired) electrons. The van der Waals surface area contributed by atoms with Crippen molar-refractivity contribution in [1.82, 2.24) is 0 Å². The van der Waals surface area contributed by atoms with Gasteiger partial charge >= 0.3 is 0 Å². The Balaban J connectivity index is 1.79. The SMILES string of the molecule is CC1CCCC(OC2COCCC2O)O1. The first kappa shape index (κ1) is 11.3. The number of hydrogen-bond donors (Lipinski definition) is 1. The smallest absolute Gasteiger partial charge is 0.158 e. The molecular weight excluding hydrogens is 196 g/mol. The topological polar surface area (TPSA) is 47.9 Å². The third kappa shape index (κ3) is 3.14. The fourth-order valence-corrected chi connectivity index (χ4v) is 2.09. The number of hydrogen-bond acceptors (Lipinski definition) is 4. The molecule has 0 amide bonds. The Labute approximate surface area is 90.5 Å². The Morgan fingerprint density at radius 2 is 2.13 bits per heavy atom. The third-order valence-corrected chi connectivity index (χ3v) is 3.03. The molecule has 0 aliphatic carbocycles. The van der Waals surface area contributed by atoms with Crippen LogP contribution in [0.1, 0.15) is 32.6 Å². The molecule has 4 atom stereocenters. The van der Waals surface area contributed by atoms with Crippen molar-refractivity contribution < 1.29 is 19.3 Å². The summed E-state index contributed by atoms with van der Waals surface area (Å²) in [6.07, 6.45) is 3.31. The van der Waals surface area contributed by atoms with Crippen molar-refractivity contribution in [2.75, 3.05) is 13.2 Å². The van der Waals surface area contributed by atoms with Gasteiger partial charge in [-0.1, -0.05) is 0 Å². The molecule has 0 bridgehead atoms. The number of aliphatic hydroxyl groups excluding tert-OH is 1. The minimum Gasteiger partial charge on any atom is -0.390 e. The van der Waals surface area contributed by atoms with Crippen molar-refractivity contribution >= 4 is 0 Å². The van der Waals surface area contributed by atoms with Gasteiger partial charge in [-0.25, -0.2) is 0 Å². The van der Waals surface area contributed by atoms with Crippen LogP contribution in [0, 0.1) is 0 Å². The summed E-state index contributed by atoms with van der Waals surface area (Å²) >= 11 is 0. The number of aliphatic hydroxyl groups is 1. The Bertz CT molecular complexity index is 197. The van der Waals surface area contributed by atoms with Crippen LogP contribution in [0.2, 0.25) is 0 Å². The van der Waals surface area contributed by atoms with Crippen molar-refractivity contribution in [2.45, 2.75) is 57.2 Å². The molecule has 2 saturated heterocycles. The molecule has 15 heavy (non-hydrogen) atoms. The van der Waals surface area contributed by atoms with E-state index in [1.165, 1.54) is 0 Å². The molecule has 1 N–H and O–H groups in total. The van der Waals surface area contributed by atoms with Crippen LogP contribution in [0.4, 0.5) is 0 Å². The molecule has 0 aromatic carbocycles. The second-order valence-corrected chi connectivity index (χ2v) is 4.41. The van der Waals surface area contributed by atoms with E-state index in [1.54, 1.807) is 0 Å². The first-order chi connectivity index (χ1) is 7.25. The van der Waals surface area contributed by atoms with E-state index in [1.807, 2.05) is 0 Å². The summed E-state index contributed by atoms with van der Waals surface area (Å²) in [6, 6.07) is 0. The van der Waals surface area contributed by atoms with Gasteiger partial charge in [0.05, 0.1) is 18.8 Å². The lowest BCUT2D eigenvalue weighted by molar-refractivity contribution is -0.243. The first-order valence-corrected chi connectivity index (χ1v) is 5.82. The van der Waals surface area contributed by atoms with Crippen LogP contribution < -0.4 is 0 Å². The summed E-state index contributed by atoms with van der Waals surface area (Å²) in [4.78, 5) is 0. The van der Waals surface area contributed by atoms with Crippen LogP contribution in [-0.4, -0.2) is 42.9 Å². The lowest BCUT2D eigenvalue weighted by Gasteiger charge is -2.34. The predicted molar refractivity (Wildman–Crippen MR) is 54.5 cm³/mol. The molecule has 0 aromatic heterocycles. The van der Waals surface area contributed by atoms with Crippen LogP contribution in [0.25, 0.3) is 0 Å². The molecule has 2 aliphatic rings. The van der Waals surface area contributed by atoms with Crippen LogP contribution >= 0.6 is 0 Å². The van der Waals surface area contributed by atoms with Crippen LogP contribution in [0.5, 0.6) is 0 Å². The van der Waals surface area contributed by atoms with E-state index >= 15 is 0 Å². The normalized spacial score (nSPS) is 42.8. The highest BCUT2D eigenvalue weighted by Crippen LogP contribution is 2.22. The van der Waals surface area contributed by atoms with Gasteiger partial charge in [-0.15, -0.1) is 0 Å². The summed E-state index contributed by atoms with van der Waals surface area (Å²) < 4.78 is 16.6.